The maximum atomic E-state index is 13.5. The van der Waals surface area contributed by atoms with E-state index in [0.717, 1.165) is 24.0 Å². The van der Waals surface area contributed by atoms with Crippen molar-refractivity contribution >= 4 is 11.6 Å². The Morgan fingerprint density at radius 3 is 2.05 bits per heavy atom. The predicted octanol–water partition coefficient (Wildman–Crippen LogP) is 4.72. The van der Waals surface area contributed by atoms with E-state index in [-0.39, 0.29) is 10.9 Å². The quantitative estimate of drug-likeness (QED) is 0.783. The molecule has 21 heavy (non-hydrogen) atoms. The summed E-state index contributed by atoms with van der Waals surface area (Å²) in [6.07, 6.45) is 5.28. The van der Waals surface area contributed by atoms with Crippen LogP contribution in [0.5, 0.6) is 0 Å². The third-order valence-corrected chi connectivity index (χ3v) is 6.35. The van der Waals surface area contributed by atoms with Crippen LogP contribution in [0.1, 0.15) is 43.8 Å². The Bertz CT molecular complexity index is 546. The van der Waals surface area contributed by atoms with Crippen molar-refractivity contribution < 1.29 is 13.9 Å². The van der Waals surface area contributed by atoms with Crippen LogP contribution in [-0.2, 0) is 0 Å². The fourth-order valence-corrected chi connectivity index (χ4v) is 5.72. The van der Waals surface area contributed by atoms with Crippen LogP contribution in [-0.4, -0.2) is 5.11 Å². The van der Waals surface area contributed by atoms with Gasteiger partial charge in [-0.15, -0.1) is 0 Å². The molecule has 1 N–H and O–H groups in total. The second kappa shape index (κ2) is 4.92. The lowest BCUT2D eigenvalue weighted by Gasteiger charge is -2.55. The van der Waals surface area contributed by atoms with Gasteiger partial charge in [0.2, 0.25) is 0 Å². The standard InChI is InChI=1S/C17H19ClF2O/c18-13-7-15(20)14(19)6-12(13)17(21)16-10-2-8-1-9(4-10)5-11(16)3-8/h6-11,16-17,21H,1-5H2. The number of benzene rings is 1. The van der Waals surface area contributed by atoms with Crippen molar-refractivity contribution in [2.45, 2.75) is 38.2 Å². The van der Waals surface area contributed by atoms with Crippen molar-refractivity contribution in [1.29, 1.82) is 0 Å². The molecule has 1 unspecified atom stereocenters. The molecule has 1 nitrogen and oxygen atoms in total. The molecular weight excluding hydrogens is 294 g/mol. The fraction of sp³-hybridized carbons (Fsp3) is 0.647. The monoisotopic (exact) mass is 312 g/mol. The number of hydrogen-bond acceptors (Lipinski definition) is 1. The lowest BCUT2D eigenvalue weighted by Crippen LogP contribution is -2.47. The van der Waals surface area contributed by atoms with E-state index >= 15 is 0 Å². The number of hydrogen-bond donors (Lipinski definition) is 1. The summed E-state index contributed by atoms with van der Waals surface area (Å²) in [6.45, 7) is 0. The zero-order chi connectivity index (χ0) is 14.7. The van der Waals surface area contributed by atoms with E-state index in [1.54, 1.807) is 0 Å². The van der Waals surface area contributed by atoms with Gasteiger partial charge in [0.15, 0.2) is 11.6 Å². The molecular formula is C17H19ClF2O. The molecule has 4 bridgehead atoms. The number of halogens is 3. The molecule has 4 saturated carbocycles. The zero-order valence-electron chi connectivity index (χ0n) is 11.7. The summed E-state index contributed by atoms with van der Waals surface area (Å²) in [5.74, 6) is 0.923. The van der Waals surface area contributed by atoms with E-state index in [2.05, 4.69) is 0 Å². The van der Waals surface area contributed by atoms with Gasteiger partial charge >= 0.3 is 0 Å². The van der Waals surface area contributed by atoms with E-state index in [1.165, 1.54) is 32.1 Å². The topological polar surface area (TPSA) is 20.2 Å². The van der Waals surface area contributed by atoms with Crippen molar-refractivity contribution in [3.8, 4) is 0 Å². The largest absolute Gasteiger partial charge is 0.388 e. The van der Waals surface area contributed by atoms with Crippen LogP contribution in [0.15, 0.2) is 12.1 Å². The van der Waals surface area contributed by atoms with Gasteiger partial charge in [0.25, 0.3) is 0 Å². The Morgan fingerprint density at radius 1 is 0.952 bits per heavy atom. The average molecular weight is 313 g/mol. The second-order valence-corrected chi connectivity index (χ2v) is 7.65. The van der Waals surface area contributed by atoms with Crippen molar-refractivity contribution in [3.63, 3.8) is 0 Å². The molecule has 4 heteroatoms. The maximum absolute atomic E-state index is 13.5. The minimum absolute atomic E-state index is 0.134. The van der Waals surface area contributed by atoms with Crippen LogP contribution < -0.4 is 0 Å². The molecule has 0 saturated heterocycles. The maximum Gasteiger partial charge on any atom is 0.160 e. The molecule has 0 aliphatic heterocycles. The molecule has 4 aliphatic rings. The van der Waals surface area contributed by atoms with Crippen molar-refractivity contribution in [2.24, 2.45) is 29.6 Å². The first-order valence-electron chi connectivity index (χ1n) is 7.85. The summed E-state index contributed by atoms with van der Waals surface area (Å²) in [5.41, 5.74) is 0.355. The lowest BCUT2D eigenvalue weighted by atomic mass is 9.50. The number of rotatable bonds is 2. The molecule has 4 fully saturated rings. The molecule has 0 amide bonds. The SMILES string of the molecule is OC(c1cc(F)c(F)cc1Cl)C1C2CC3CC(C2)CC1C3. The highest BCUT2D eigenvalue weighted by atomic mass is 35.5. The molecule has 114 valence electrons. The van der Waals surface area contributed by atoms with Crippen molar-refractivity contribution in [3.05, 3.63) is 34.4 Å². The molecule has 0 aromatic heterocycles. The molecule has 1 aromatic rings. The minimum Gasteiger partial charge on any atom is -0.388 e. The lowest BCUT2D eigenvalue weighted by molar-refractivity contribution is -0.0908. The van der Waals surface area contributed by atoms with Crippen LogP contribution in [0, 0.1) is 41.2 Å². The van der Waals surface area contributed by atoms with Gasteiger partial charge in [0.1, 0.15) is 0 Å². The van der Waals surface area contributed by atoms with Crippen LogP contribution in [0.3, 0.4) is 0 Å². The molecule has 1 atom stereocenters. The van der Waals surface area contributed by atoms with Gasteiger partial charge < -0.3 is 5.11 Å². The first-order chi connectivity index (χ1) is 10.0. The summed E-state index contributed by atoms with van der Waals surface area (Å²) in [7, 11) is 0. The van der Waals surface area contributed by atoms with Crippen LogP contribution in [0.4, 0.5) is 8.78 Å². The summed E-state index contributed by atoms with van der Waals surface area (Å²) >= 11 is 6.04. The van der Waals surface area contributed by atoms with E-state index < -0.39 is 17.7 Å². The van der Waals surface area contributed by atoms with Gasteiger partial charge in [-0.2, -0.15) is 0 Å². The third kappa shape index (κ3) is 2.20. The Hall–Kier alpha value is -0.670. The van der Waals surface area contributed by atoms with Gasteiger partial charge in [-0.1, -0.05) is 11.6 Å². The van der Waals surface area contributed by atoms with E-state index in [0.29, 0.717) is 17.4 Å². The van der Waals surface area contributed by atoms with Gasteiger partial charge in [-0.3, -0.25) is 0 Å². The van der Waals surface area contributed by atoms with Crippen molar-refractivity contribution in [2.75, 3.05) is 0 Å². The summed E-state index contributed by atoms with van der Waals surface area (Å²) in [5, 5.41) is 10.9. The molecule has 5 rings (SSSR count). The fourth-order valence-electron chi connectivity index (χ4n) is 5.45. The summed E-state index contributed by atoms with van der Waals surface area (Å²) < 4.78 is 26.7. The Labute approximate surface area is 128 Å². The zero-order valence-corrected chi connectivity index (χ0v) is 12.5. The van der Waals surface area contributed by atoms with Crippen molar-refractivity contribution in [1.82, 2.24) is 0 Å². The highest BCUT2D eigenvalue weighted by molar-refractivity contribution is 6.31. The molecule has 0 spiro atoms. The average Bonchev–Trinajstić information content (AvgIpc) is 2.41. The second-order valence-electron chi connectivity index (χ2n) is 7.24. The first-order valence-corrected chi connectivity index (χ1v) is 8.23. The first kappa shape index (κ1) is 14.0. The molecule has 0 radical (unpaired) electrons. The third-order valence-electron chi connectivity index (χ3n) is 6.02. The van der Waals surface area contributed by atoms with Gasteiger partial charge in [-0.25, -0.2) is 8.78 Å². The highest BCUT2D eigenvalue weighted by Crippen LogP contribution is 2.59. The Morgan fingerprint density at radius 2 is 1.48 bits per heavy atom. The normalized spacial score (nSPS) is 38.8. The van der Waals surface area contributed by atoms with Crippen LogP contribution in [0.2, 0.25) is 5.02 Å². The predicted molar refractivity (Wildman–Crippen MR) is 76.9 cm³/mol. The van der Waals surface area contributed by atoms with Crippen LogP contribution >= 0.6 is 11.6 Å². The number of aliphatic hydroxyl groups is 1. The Kier molecular flexibility index (Phi) is 3.27. The molecule has 0 heterocycles. The van der Waals surface area contributed by atoms with E-state index in [1.807, 2.05) is 0 Å². The summed E-state index contributed by atoms with van der Waals surface area (Å²) in [4.78, 5) is 0. The highest BCUT2D eigenvalue weighted by Gasteiger charge is 2.50. The molecule has 4 aliphatic carbocycles. The van der Waals surface area contributed by atoms with E-state index in [9.17, 15) is 13.9 Å². The smallest absolute Gasteiger partial charge is 0.160 e. The Balaban J connectivity index is 1.66. The van der Waals surface area contributed by atoms with Gasteiger partial charge in [-0.05, 0) is 73.8 Å². The summed E-state index contributed by atoms with van der Waals surface area (Å²) in [6, 6.07) is 2.05. The van der Waals surface area contributed by atoms with Crippen LogP contribution in [0.25, 0.3) is 0 Å². The van der Waals surface area contributed by atoms with Gasteiger partial charge in [0, 0.05) is 10.6 Å². The number of aliphatic hydroxyl groups excluding tert-OH is 1. The molecule has 1 aromatic carbocycles. The van der Waals surface area contributed by atoms with Gasteiger partial charge in [0.05, 0.1) is 6.10 Å². The minimum atomic E-state index is -0.957. The van der Waals surface area contributed by atoms with E-state index in [4.69, 9.17) is 11.6 Å².